The van der Waals surface area contributed by atoms with Crippen molar-refractivity contribution in [3.05, 3.63) is 59.2 Å². The lowest BCUT2D eigenvalue weighted by atomic mass is 9.88. The second-order valence-corrected chi connectivity index (χ2v) is 7.67. The molecule has 2 aromatic rings. The lowest BCUT2D eigenvalue weighted by Crippen LogP contribution is -2.52. The Morgan fingerprint density at radius 2 is 1.73 bits per heavy atom. The standard InChI is InChI=1S/C23H28N2O5/c1-14(2)20(22(26)27)24-23(28)25-11-10-16-12-18(29-3)19(30-4)13-17(16)21(25)15-8-6-5-7-9-15/h5-9,12-14,20-21H,10-11H2,1-4H3,(H,24,28)(H,26,27). The molecule has 0 saturated carbocycles. The van der Waals surface area contributed by atoms with Crippen LogP contribution in [0.25, 0.3) is 0 Å². The molecule has 2 N–H and O–H groups in total. The van der Waals surface area contributed by atoms with E-state index < -0.39 is 18.0 Å². The molecule has 0 radical (unpaired) electrons. The van der Waals surface area contributed by atoms with Gasteiger partial charge in [0.05, 0.1) is 20.3 Å². The molecule has 0 spiro atoms. The number of benzene rings is 2. The van der Waals surface area contributed by atoms with Gasteiger partial charge in [-0.3, -0.25) is 0 Å². The minimum atomic E-state index is -1.04. The van der Waals surface area contributed by atoms with Gasteiger partial charge in [0.1, 0.15) is 6.04 Å². The van der Waals surface area contributed by atoms with Crippen molar-refractivity contribution in [3.63, 3.8) is 0 Å². The molecule has 0 bridgehead atoms. The molecule has 2 aromatic carbocycles. The smallest absolute Gasteiger partial charge is 0.326 e. The number of ether oxygens (including phenoxy) is 2. The third-order valence-corrected chi connectivity index (χ3v) is 5.46. The number of hydrogen-bond donors (Lipinski definition) is 2. The van der Waals surface area contributed by atoms with E-state index in [9.17, 15) is 14.7 Å². The van der Waals surface area contributed by atoms with E-state index in [1.807, 2.05) is 42.5 Å². The number of hydrogen-bond acceptors (Lipinski definition) is 4. The molecule has 0 aliphatic carbocycles. The first-order valence-corrected chi connectivity index (χ1v) is 9.97. The minimum absolute atomic E-state index is 0.233. The number of carboxylic acid groups (broad SMARTS) is 1. The van der Waals surface area contributed by atoms with Crippen LogP contribution >= 0.6 is 0 Å². The lowest BCUT2D eigenvalue weighted by molar-refractivity contribution is -0.140. The quantitative estimate of drug-likeness (QED) is 0.759. The van der Waals surface area contributed by atoms with Crippen LogP contribution in [0.5, 0.6) is 11.5 Å². The number of carbonyl (C=O) groups excluding carboxylic acids is 1. The molecule has 1 heterocycles. The van der Waals surface area contributed by atoms with Gasteiger partial charge in [-0.05, 0) is 41.2 Å². The number of carboxylic acids is 1. The van der Waals surface area contributed by atoms with E-state index in [2.05, 4.69) is 5.32 Å². The van der Waals surface area contributed by atoms with Gasteiger partial charge in [-0.15, -0.1) is 0 Å². The first-order chi connectivity index (χ1) is 14.4. The summed E-state index contributed by atoms with van der Waals surface area (Å²) in [5.74, 6) is -0.0433. The summed E-state index contributed by atoms with van der Waals surface area (Å²) in [6.07, 6.45) is 0.631. The summed E-state index contributed by atoms with van der Waals surface area (Å²) in [6, 6.07) is 11.8. The normalized spacial score (nSPS) is 16.6. The minimum Gasteiger partial charge on any atom is -0.493 e. The van der Waals surface area contributed by atoms with Gasteiger partial charge in [0, 0.05) is 6.54 Å². The van der Waals surface area contributed by atoms with Crippen molar-refractivity contribution in [2.45, 2.75) is 32.4 Å². The fraction of sp³-hybridized carbons (Fsp3) is 0.391. The largest absolute Gasteiger partial charge is 0.493 e. The van der Waals surface area contributed by atoms with E-state index in [-0.39, 0.29) is 12.0 Å². The van der Waals surface area contributed by atoms with Crippen molar-refractivity contribution in [2.24, 2.45) is 5.92 Å². The van der Waals surface area contributed by atoms with E-state index in [1.165, 1.54) is 0 Å². The molecule has 2 atom stereocenters. The Hall–Kier alpha value is -3.22. The van der Waals surface area contributed by atoms with Gasteiger partial charge >= 0.3 is 12.0 Å². The summed E-state index contributed by atoms with van der Waals surface area (Å²) < 4.78 is 10.9. The van der Waals surface area contributed by atoms with Gasteiger partial charge in [-0.2, -0.15) is 0 Å². The third kappa shape index (κ3) is 4.20. The number of rotatable bonds is 6. The number of amides is 2. The van der Waals surface area contributed by atoms with Crippen LogP contribution in [0.2, 0.25) is 0 Å². The molecule has 0 saturated heterocycles. The van der Waals surface area contributed by atoms with Crippen LogP contribution in [0.4, 0.5) is 4.79 Å². The second kappa shape index (κ2) is 9.07. The highest BCUT2D eigenvalue weighted by Crippen LogP contribution is 2.41. The monoisotopic (exact) mass is 412 g/mol. The molecule has 0 aromatic heterocycles. The maximum atomic E-state index is 13.2. The summed E-state index contributed by atoms with van der Waals surface area (Å²) >= 11 is 0. The number of nitrogens with zero attached hydrogens (tertiary/aromatic N) is 1. The van der Waals surface area contributed by atoms with Gasteiger partial charge in [-0.1, -0.05) is 44.2 Å². The van der Waals surface area contributed by atoms with E-state index in [0.29, 0.717) is 24.5 Å². The molecule has 0 fully saturated rings. The van der Waals surface area contributed by atoms with Crippen molar-refractivity contribution in [2.75, 3.05) is 20.8 Å². The topological polar surface area (TPSA) is 88.1 Å². The number of fused-ring (bicyclic) bond motifs is 1. The van der Waals surface area contributed by atoms with Crippen molar-refractivity contribution in [3.8, 4) is 11.5 Å². The van der Waals surface area contributed by atoms with Crippen molar-refractivity contribution < 1.29 is 24.2 Å². The van der Waals surface area contributed by atoms with Crippen LogP contribution in [0.3, 0.4) is 0 Å². The first-order valence-electron chi connectivity index (χ1n) is 9.97. The van der Waals surface area contributed by atoms with Crippen molar-refractivity contribution in [1.29, 1.82) is 0 Å². The first kappa shape index (κ1) is 21.5. The maximum Gasteiger partial charge on any atom is 0.326 e. The Morgan fingerprint density at radius 3 is 2.30 bits per heavy atom. The van der Waals surface area contributed by atoms with Crippen molar-refractivity contribution in [1.82, 2.24) is 10.2 Å². The number of aliphatic carboxylic acids is 1. The Morgan fingerprint density at radius 1 is 1.10 bits per heavy atom. The highest BCUT2D eigenvalue weighted by atomic mass is 16.5. The maximum absolute atomic E-state index is 13.2. The Balaban J connectivity index is 2.05. The van der Waals surface area contributed by atoms with E-state index in [0.717, 1.165) is 16.7 Å². The van der Waals surface area contributed by atoms with E-state index in [4.69, 9.17) is 9.47 Å². The zero-order valence-electron chi connectivity index (χ0n) is 17.7. The van der Waals surface area contributed by atoms with Crippen LogP contribution in [-0.4, -0.2) is 48.8 Å². The van der Waals surface area contributed by atoms with Crippen LogP contribution in [-0.2, 0) is 11.2 Å². The van der Waals surface area contributed by atoms with Crippen molar-refractivity contribution >= 4 is 12.0 Å². The van der Waals surface area contributed by atoms with Crippen LogP contribution < -0.4 is 14.8 Å². The summed E-state index contributed by atoms with van der Waals surface area (Å²) in [6.45, 7) is 4.01. The Kier molecular flexibility index (Phi) is 6.50. The molecule has 7 heteroatoms. The fourth-order valence-electron chi connectivity index (χ4n) is 3.89. The average Bonchev–Trinajstić information content (AvgIpc) is 2.75. The molecule has 1 aliphatic heterocycles. The number of urea groups is 1. The molecule has 7 nitrogen and oxygen atoms in total. The third-order valence-electron chi connectivity index (χ3n) is 5.46. The molecule has 2 amide bonds. The number of nitrogens with one attached hydrogen (secondary N) is 1. The van der Waals surface area contributed by atoms with E-state index in [1.54, 1.807) is 33.0 Å². The molecule has 1 aliphatic rings. The SMILES string of the molecule is COc1cc2c(cc1OC)C(c1ccccc1)N(C(=O)NC(C(=O)O)C(C)C)CC2. The average molecular weight is 412 g/mol. The van der Waals surface area contributed by atoms with Crippen LogP contribution in [0, 0.1) is 5.92 Å². The van der Waals surface area contributed by atoms with Gasteiger partial charge in [-0.25, -0.2) is 9.59 Å². The predicted octanol–water partition coefficient (Wildman–Crippen LogP) is 3.47. The number of methoxy groups -OCH3 is 2. The molecule has 30 heavy (non-hydrogen) atoms. The summed E-state index contributed by atoms with van der Waals surface area (Å²) in [5.41, 5.74) is 2.96. The number of carbonyl (C=O) groups is 2. The predicted molar refractivity (Wildman–Crippen MR) is 113 cm³/mol. The van der Waals surface area contributed by atoms with Gasteiger partial charge < -0.3 is 24.8 Å². The zero-order chi connectivity index (χ0) is 21.8. The molecular weight excluding hydrogens is 384 g/mol. The van der Waals surface area contributed by atoms with E-state index >= 15 is 0 Å². The lowest BCUT2D eigenvalue weighted by Gasteiger charge is -2.38. The second-order valence-electron chi connectivity index (χ2n) is 7.67. The highest BCUT2D eigenvalue weighted by Gasteiger charge is 2.35. The molecular formula is C23H28N2O5. The molecule has 3 rings (SSSR count). The summed E-state index contributed by atoms with van der Waals surface area (Å²) in [4.78, 5) is 26.5. The Bertz CT molecular complexity index is 913. The summed E-state index contributed by atoms with van der Waals surface area (Å²) in [5, 5.41) is 12.2. The zero-order valence-corrected chi connectivity index (χ0v) is 17.7. The summed E-state index contributed by atoms with van der Waals surface area (Å²) in [7, 11) is 3.18. The van der Waals surface area contributed by atoms with Gasteiger partial charge in [0.25, 0.3) is 0 Å². The van der Waals surface area contributed by atoms with Crippen LogP contribution in [0.1, 0.15) is 36.6 Å². The van der Waals surface area contributed by atoms with Crippen LogP contribution in [0.15, 0.2) is 42.5 Å². The highest BCUT2D eigenvalue weighted by molar-refractivity contribution is 5.83. The fourth-order valence-corrected chi connectivity index (χ4v) is 3.89. The van der Waals surface area contributed by atoms with Gasteiger partial charge in [0.2, 0.25) is 0 Å². The Labute approximate surface area is 176 Å². The van der Waals surface area contributed by atoms with Gasteiger partial charge in [0.15, 0.2) is 11.5 Å². The molecule has 160 valence electrons. The molecule has 2 unspecified atom stereocenters.